The van der Waals surface area contributed by atoms with E-state index < -0.39 is 0 Å². The fourth-order valence-corrected chi connectivity index (χ4v) is 4.48. The number of hydrogen-bond donors (Lipinski definition) is 1. The van der Waals surface area contributed by atoms with E-state index in [0.29, 0.717) is 0 Å². The van der Waals surface area contributed by atoms with Gasteiger partial charge < -0.3 is 5.32 Å². The second kappa shape index (κ2) is 6.04. The third kappa shape index (κ3) is 2.52. The minimum Gasteiger partial charge on any atom is -0.348 e. The Labute approximate surface area is 141 Å². The third-order valence-corrected chi connectivity index (χ3v) is 5.70. The van der Waals surface area contributed by atoms with Crippen molar-refractivity contribution in [3.05, 3.63) is 35.4 Å². The molecule has 0 bridgehead atoms. The van der Waals surface area contributed by atoms with Gasteiger partial charge in [0, 0.05) is 0 Å². The molecule has 0 spiro atoms. The van der Waals surface area contributed by atoms with Gasteiger partial charge in [-0.1, -0.05) is 37.1 Å². The Morgan fingerprint density at radius 2 is 1.71 bits per heavy atom. The van der Waals surface area contributed by atoms with E-state index in [9.17, 15) is 14.4 Å². The molecule has 4 rings (SSSR count). The molecule has 2 fully saturated rings. The topological polar surface area (TPSA) is 66.5 Å². The van der Waals surface area contributed by atoms with Crippen LogP contribution in [0.3, 0.4) is 0 Å². The maximum atomic E-state index is 12.4. The van der Waals surface area contributed by atoms with Crippen molar-refractivity contribution < 1.29 is 14.4 Å². The smallest absolute Gasteiger partial charge is 0.240 e. The van der Waals surface area contributed by atoms with Crippen molar-refractivity contribution >= 4 is 17.7 Å². The van der Waals surface area contributed by atoms with Crippen molar-refractivity contribution in [1.29, 1.82) is 0 Å². The molecule has 24 heavy (non-hydrogen) atoms. The minimum atomic E-state index is -0.239. The largest absolute Gasteiger partial charge is 0.348 e. The van der Waals surface area contributed by atoms with E-state index in [0.717, 1.165) is 44.1 Å². The van der Waals surface area contributed by atoms with Gasteiger partial charge in [0.15, 0.2) is 0 Å². The molecule has 1 aliphatic heterocycles. The number of aryl methyl sites for hydroxylation is 1. The summed E-state index contributed by atoms with van der Waals surface area (Å²) in [4.78, 5) is 38.5. The van der Waals surface area contributed by atoms with Gasteiger partial charge in [-0.2, -0.15) is 0 Å². The molecule has 1 saturated heterocycles. The monoisotopic (exact) mass is 326 g/mol. The average Bonchev–Trinajstić information content (AvgIpc) is 3.11. The van der Waals surface area contributed by atoms with Crippen LogP contribution >= 0.6 is 0 Å². The van der Waals surface area contributed by atoms with Crippen molar-refractivity contribution in [3.8, 4) is 0 Å². The van der Waals surface area contributed by atoms with Gasteiger partial charge in [-0.05, 0) is 36.8 Å². The summed E-state index contributed by atoms with van der Waals surface area (Å²) in [5.41, 5.74) is 2.42. The predicted octanol–water partition coefficient (Wildman–Crippen LogP) is 1.97. The Morgan fingerprint density at radius 3 is 2.42 bits per heavy atom. The summed E-state index contributed by atoms with van der Waals surface area (Å²) in [6, 6.07) is 8.09. The molecule has 2 aliphatic carbocycles. The van der Waals surface area contributed by atoms with E-state index in [4.69, 9.17) is 0 Å². The lowest BCUT2D eigenvalue weighted by Crippen LogP contribution is -2.41. The van der Waals surface area contributed by atoms with Crippen molar-refractivity contribution in [2.75, 3.05) is 6.54 Å². The van der Waals surface area contributed by atoms with Gasteiger partial charge in [0.25, 0.3) is 0 Å². The van der Waals surface area contributed by atoms with Gasteiger partial charge in [-0.25, -0.2) is 0 Å². The number of carbonyl (C=O) groups is 3. The molecule has 1 aromatic carbocycles. The number of fused-ring (bicyclic) bond motifs is 2. The summed E-state index contributed by atoms with van der Waals surface area (Å²) in [6.45, 7) is -0.136. The maximum Gasteiger partial charge on any atom is 0.240 e. The van der Waals surface area contributed by atoms with Crippen molar-refractivity contribution in [3.63, 3.8) is 0 Å². The summed E-state index contributed by atoms with van der Waals surface area (Å²) in [5.74, 6) is -0.909. The van der Waals surface area contributed by atoms with Crippen LogP contribution in [0.15, 0.2) is 24.3 Å². The molecule has 5 heteroatoms. The molecule has 3 amide bonds. The summed E-state index contributed by atoms with van der Waals surface area (Å²) < 4.78 is 0. The number of imide groups is 1. The molecule has 1 heterocycles. The lowest BCUT2D eigenvalue weighted by atomic mass is 9.81. The van der Waals surface area contributed by atoms with E-state index >= 15 is 0 Å². The Bertz CT molecular complexity index is 676. The first-order chi connectivity index (χ1) is 11.6. The van der Waals surface area contributed by atoms with Gasteiger partial charge in [0.2, 0.25) is 17.7 Å². The number of nitrogens with one attached hydrogen (secondary N) is 1. The molecule has 3 aliphatic rings. The second-order valence-corrected chi connectivity index (χ2v) is 7.12. The van der Waals surface area contributed by atoms with Crippen LogP contribution in [0.4, 0.5) is 0 Å². The number of likely N-dealkylation sites (tertiary alicyclic amines) is 1. The van der Waals surface area contributed by atoms with Crippen LogP contribution in [0.5, 0.6) is 0 Å². The number of nitrogens with zero attached hydrogens (tertiary/aromatic N) is 1. The van der Waals surface area contributed by atoms with E-state index in [-0.39, 0.29) is 42.1 Å². The average molecular weight is 326 g/mol. The summed E-state index contributed by atoms with van der Waals surface area (Å²) >= 11 is 0. The van der Waals surface area contributed by atoms with Crippen molar-refractivity contribution in [2.24, 2.45) is 11.8 Å². The molecule has 1 aromatic rings. The van der Waals surface area contributed by atoms with Crippen LogP contribution in [-0.4, -0.2) is 29.2 Å². The maximum absolute atomic E-state index is 12.4. The Balaban J connectivity index is 1.42. The van der Waals surface area contributed by atoms with E-state index in [1.807, 2.05) is 18.2 Å². The van der Waals surface area contributed by atoms with Crippen LogP contribution < -0.4 is 5.32 Å². The van der Waals surface area contributed by atoms with Crippen LogP contribution in [0, 0.1) is 11.8 Å². The number of rotatable bonds is 3. The zero-order chi connectivity index (χ0) is 16.7. The fourth-order valence-electron chi connectivity index (χ4n) is 4.48. The number of benzene rings is 1. The predicted molar refractivity (Wildman–Crippen MR) is 87.8 cm³/mol. The molecule has 5 nitrogen and oxygen atoms in total. The number of carbonyl (C=O) groups excluding carboxylic acids is 3. The third-order valence-electron chi connectivity index (χ3n) is 5.70. The minimum absolute atomic E-state index is 0.0104. The normalized spacial score (nSPS) is 28.7. The van der Waals surface area contributed by atoms with Crippen LogP contribution in [0.25, 0.3) is 0 Å². The summed E-state index contributed by atoms with van der Waals surface area (Å²) in [7, 11) is 0. The molecule has 0 unspecified atom stereocenters. The second-order valence-electron chi connectivity index (χ2n) is 7.12. The highest BCUT2D eigenvalue weighted by Crippen LogP contribution is 2.38. The van der Waals surface area contributed by atoms with Crippen molar-refractivity contribution in [2.45, 2.75) is 44.6 Å². The number of hydrogen-bond acceptors (Lipinski definition) is 3. The molecule has 3 atom stereocenters. The first-order valence-electron chi connectivity index (χ1n) is 8.87. The van der Waals surface area contributed by atoms with Gasteiger partial charge in [-0.15, -0.1) is 0 Å². The fraction of sp³-hybridized carbons (Fsp3) is 0.526. The standard InChI is InChI=1S/C19H22N2O3/c22-17(20-16-10-9-12-5-1-2-6-13(12)16)11-21-18(23)14-7-3-4-8-15(14)19(21)24/h1-2,5-6,14-16H,3-4,7-11H2,(H,20,22)/t14-,15-,16-/m1/s1. The number of amides is 3. The highest BCUT2D eigenvalue weighted by molar-refractivity contribution is 6.07. The summed E-state index contributed by atoms with van der Waals surface area (Å²) in [5, 5.41) is 3.00. The van der Waals surface area contributed by atoms with Crippen LogP contribution in [0.1, 0.15) is 49.3 Å². The highest BCUT2D eigenvalue weighted by atomic mass is 16.2. The summed E-state index contributed by atoms with van der Waals surface area (Å²) in [6.07, 6.45) is 5.38. The van der Waals surface area contributed by atoms with E-state index in [1.165, 1.54) is 10.5 Å². The molecule has 1 N–H and O–H groups in total. The Kier molecular flexibility index (Phi) is 3.87. The highest BCUT2D eigenvalue weighted by Gasteiger charge is 2.48. The van der Waals surface area contributed by atoms with Crippen LogP contribution in [0.2, 0.25) is 0 Å². The first-order valence-corrected chi connectivity index (χ1v) is 8.87. The van der Waals surface area contributed by atoms with Gasteiger partial charge >= 0.3 is 0 Å². The SMILES string of the molecule is O=C(CN1C(=O)[C@@H]2CCCC[C@H]2C1=O)N[C@@H]1CCc2ccccc21. The zero-order valence-corrected chi connectivity index (χ0v) is 13.7. The van der Waals surface area contributed by atoms with Gasteiger partial charge in [-0.3, -0.25) is 19.3 Å². The van der Waals surface area contributed by atoms with Crippen molar-refractivity contribution in [1.82, 2.24) is 10.2 Å². The van der Waals surface area contributed by atoms with Crippen LogP contribution in [-0.2, 0) is 20.8 Å². The van der Waals surface area contributed by atoms with E-state index in [2.05, 4.69) is 11.4 Å². The molecule has 1 saturated carbocycles. The molecule has 0 radical (unpaired) electrons. The van der Waals surface area contributed by atoms with Gasteiger partial charge in [0.1, 0.15) is 6.54 Å². The van der Waals surface area contributed by atoms with Gasteiger partial charge in [0.05, 0.1) is 17.9 Å². The molecular formula is C19H22N2O3. The Hall–Kier alpha value is -2.17. The Morgan fingerprint density at radius 1 is 1.04 bits per heavy atom. The zero-order valence-electron chi connectivity index (χ0n) is 13.7. The van der Waals surface area contributed by atoms with E-state index in [1.54, 1.807) is 0 Å². The first kappa shape index (κ1) is 15.4. The molecular weight excluding hydrogens is 304 g/mol. The quantitative estimate of drug-likeness (QED) is 0.864. The lowest BCUT2D eigenvalue weighted by molar-refractivity contribution is -0.143. The molecule has 126 valence electrons. The lowest BCUT2D eigenvalue weighted by Gasteiger charge is -2.19. The molecule has 0 aromatic heterocycles.